The average Bonchev–Trinajstić information content (AvgIpc) is 3.06. The van der Waals surface area contributed by atoms with Gasteiger partial charge in [-0.25, -0.2) is 8.42 Å². The number of hydrogen-bond acceptors (Lipinski definition) is 5. The number of nitrogens with zero attached hydrogens (tertiary/aromatic N) is 1. The summed E-state index contributed by atoms with van der Waals surface area (Å²) in [5.74, 6) is 0. The van der Waals surface area contributed by atoms with Crippen molar-refractivity contribution in [2.45, 2.75) is 44.2 Å². The first-order valence-electron chi connectivity index (χ1n) is 7.32. The van der Waals surface area contributed by atoms with Gasteiger partial charge >= 0.3 is 0 Å². The summed E-state index contributed by atoms with van der Waals surface area (Å²) in [4.78, 5) is 2.39. The highest BCUT2D eigenvalue weighted by Gasteiger charge is 2.34. The molecule has 2 heterocycles. The molecule has 1 aromatic heterocycles. The summed E-state index contributed by atoms with van der Waals surface area (Å²) in [6, 6.07) is 1.82. The van der Waals surface area contributed by atoms with Gasteiger partial charge < -0.3 is 10.1 Å². The summed E-state index contributed by atoms with van der Waals surface area (Å²) in [7, 11) is -1.75. The van der Waals surface area contributed by atoms with Crippen LogP contribution in [0.1, 0.15) is 29.5 Å². The number of hydrogen-bond donors (Lipinski definition) is 1. The van der Waals surface area contributed by atoms with Gasteiger partial charge in [0.15, 0.2) is 0 Å². The van der Waals surface area contributed by atoms with Crippen LogP contribution in [0.2, 0.25) is 0 Å². The fourth-order valence-corrected chi connectivity index (χ4v) is 5.56. The van der Waals surface area contributed by atoms with Crippen molar-refractivity contribution in [3.8, 4) is 0 Å². The third-order valence-electron chi connectivity index (χ3n) is 3.71. The standard InChI is InChI=1S/C14H24N2O3S2/c1-4-6-15-9-13-8-14(11(2)20-13)21(17,18)16-7-5-12(10-16)19-3/h8,12,15H,4-7,9-10H2,1-3H3. The van der Waals surface area contributed by atoms with Gasteiger partial charge in [-0.3, -0.25) is 0 Å². The van der Waals surface area contributed by atoms with Crippen molar-refractivity contribution >= 4 is 21.4 Å². The molecule has 5 nitrogen and oxygen atoms in total. The van der Waals surface area contributed by atoms with E-state index in [9.17, 15) is 8.42 Å². The number of thiophene rings is 1. The molecule has 0 saturated carbocycles. The smallest absolute Gasteiger partial charge is 0.244 e. The van der Waals surface area contributed by atoms with Crippen LogP contribution >= 0.6 is 11.3 Å². The number of aryl methyl sites for hydroxylation is 1. The van der Waals surface area contributed by atoms with Gasteiger partial charge in [0.25, 0.3) is 0 Å². The molecule has 0 amide bonds. The Morgan fingerprint density at radius 2 is 2.29 bits per heavy atom. The van der Waals surface area contributed by atoms with E-state index in [1.165, 1.54) is 0 Å². The van der Waals surface area contributed by atoms with Crippen molar-refractivity contribution in [2.24, 2.45) is 0 Å². The third kappa shape index (κ3) is 3.84. The van der Waals surface area contributed by atoms with Gasteiger partial charge in [-0.2, -0.15) is 4.31 Å². The lowest BCUT2D eigenvalue weighted by Crippen LogP contribution is -2.30. The normalized spacial score (nSPS) is 20.2. The highest BCUT2D eigenvalue weighted by atomic mass is 32.2. The Morgan fingerprint density at radius 1 is 1.52 bits per heavy atom. The van der Waals surface area contributed by atoms with Crippen LogP contribution in [-0.4, -0.2) is 45.6 Å². The molecule has 0 spiro atoms. The van der Waals surface area contributed by atoms with Gasteiger partial charge in [0, 0.05) is 36.5 Å². The van der Waals surface area contributed by atoms with Crippen molar-refractivity contribution in [1.29, 1.82) is 0 Å². The van der Waals surface area contributed by atoms with Crippen LogP contribution in [0.3, 0.4) is 0 Å². The summed E-state index contributed by atoms with van der Waals surface area (Å²) in [5.41, 5.74) is 0. The Hall–Kier alpha value is -0.470. The molecule has 0 bridgehead atoms. The molecule has 1 fully saturated rings. The molecule has 0 aromatic carbocycles. The third-order valence-corrected chi connectivity index (χ3v) is 6.88. The highest BCUT2D eigenvalue weighted by molar-refractivity contribution is 7.89. The van der Waals surface area contributed by atoms with Gasteiger partial charge in [-0.05, 0) is 32.4 Å². The maximum Gasteiger partial charge on any atom is 0.244 e. The molecule has 1 atom stereocenters. The van der Waals surface area contributed by atoms with E-state index in [2.05, 4.69) is 12.2 Å². The van der Waals surface area contributed by atoms with Gasteiger partial charge in [-0.15, -0.1) is 11.3 Å². The number of sulfonamides is 1. The Morgan fingerprint density at radius 3 is 2.90 bits per heavy atom. The molecule has 1 aliphatic heterocycles. The lowest BCUT2D eigenvalue weighted by atomic mass is 10.3. The fraction of sp³-hybridized carbons (Fsp3) is 0.714. The molecule has 1 N–H and O–H groups in total. The molecule has 120 valence electrons. The predicted octanol–water partition coefficient (Wildman–Crippen LogP) is 1.97. The zero-order valence-corrected chi connectivity index (χ0v) is 14.5. The van der Waals surface area contributed by atoms with Crippen molar-refractivity contribution in [2.75, 3.05) is 26.7 Å². The molecule has 1 saturated heterocycles. The molecular formula is C14H24N2O3S2. The summed E-state index contributed by atoms with van der Waals surface area (Å²) < 4.78 is 32.2. The van der Waals surface area contributed by atoms with Crippen LogP contribution in [0, 0.1) is 6.92 Å². The van der Waals surface area contributed by atoms with Gasteiger partial charge in [0.05, 0.1) is 11.0 Å². The highest BCUT2D eigenvalue weighted by Crippen LogP contribution is 2.30. The maximum absolute atomic E-state index is 12.7. The minimum absolute atomic E-state index is 0.0180. The van der Waals surface area contributed by atoms with Gasteiger partial charge in [-0.1, -0.05) is 6.92 Å². The second kappa shape index (κ2) is 7.19. The van der Waals surface area contributed by atoms with E-state index < -0.39 is 10.0 Å². The quantitative estimate of drug-likeness (QED) is 0.776. The topological polar surface area (TPSA) is 58.6 Å². The zero-order chi connectivity index (χ0) is 15.5. The molecule has 0 radical (unpaired) electrons. The number of rotatable bonds is 7. The van der Waals surface area contributed by atoms with Crippen LogP contribution in [0.25, 0.3) is 0 Å². The van der Waals surface area contributed by atoms with E-state index >= 15 is 0 Å². The number of ether oxygens (including phenoxy) is 1. The molecule has 1 aromatic rings. The molecule has 21 heavy (non-hydrogen) atoms. The lowest BCUT2D eigenvalue weighted by molar-refractivity contribution is 0.115. The van der Waals surface area contributed by atoms with E-state index in [1.807, 2.05) is 13.0 Å². The average molecular weight is 332 g/mol. The first kappa shape index (κ1) is 16.9. The molecule has 2 rings (SSSR count). The second-order valence-corrected chi connectivity index (χ2v) is 8.57. The maximum atomic E-state index is 12.7. The number of methoxy groups -OCH3 is 1. The Balaban J connectivity index is 2.13. The summed E-state index contributed by atoms with van der Waals surface area (Å²) in [6.07, 6.45) is 1.86. The molecule has 1 aliphatic rings. The summed E-state index contributed by atoms with van der Waals surface area (Å²) in [6.45, 7) is 6.67. The minimum Gasteiger partial charge on any atom is -0.380 e. The Bertz CT molecular complexity index is 569. The molecule has 7 heteroatoms. The van der Waals surface area contributed by atoms with Crippen LogP contribution in [0.5, 0.6) is 0 Å². The Kier molecular flexibility index (Phi) is 5.79. The zero-order valence-electron chi connectivity index (χ0n) is 12.9. The van der Waals surface area contributed by atoms with Crippen molar-refractivity contribution < 1.29 is 13.2 Å². The molecular weight excluding hydrogens is 308 g/mol. The van der Waals surface area contributed by atoms with Gasteiger partial charge in [0.2, 0.25) is 10.0 Å². The first-order valence-corrected chi connectivity index (χ1v) is 9.57. The molecule has 1 unspecified atom stereocenters. The van der Waals surface area contributed by atoms with Crippen LogP contribution < -0.4 is 5.32 Å². The summed E-state index contributed by atoms with van der Waals surface area (Å²) in [5, 5.41) is 3.31. The SMILES string of the molecule is CCCNCc1cc(S(=O)(=O)N2CCC(OC)C2)c(C)s1. The lowest BCUT2D eigenvalue weighted by Gasteiger charge is -2.15. The Labute approximate surface area is 131 Å². The second-order valence-electron chi connectivity index (χ2n) is 5.32. The van der Waals surface area contributed by atoms with Crippen LogP contribution in [0.4, 0.5) is 0 Å². The van der Waals surface area contributed by atoms with E-state index in [1.54, 1.807) is 22.8 Å². The molecule has 0 aliphatic carbocycles. The fourth-order valence-electron chi connectivity index (χ4n) is 2.50. The van der Waals surface area contributed by atoms with Crippen molar-refractivity contribution in [1.82, 2.24) is 9.62 Å². The minimum atomic E-state index is -3.39. The monoisotopic (exact) mass is 332 g/mol. The number of nitrogens with one attached hydrogen (secondary N) is 1. The predicted molar refractivity (Wildman–Crippen MR) is 85.2 cm³/mol. The van der Waals surface area contributed by atoms with Gasteiger partial charge in [0.1, 0.15) is 0 Å². The summed E-state index contributed by atoms with van der Waals surface area (Å²) >= 11 is 1.56. The van der Waals surface area contributed by atoms with E-state index in [0.29, 0.717) is 18.0 Å². The van der Waals surface area contributed by atoms with Crippen molar-refractivity contribution in [3.63, 3.8) is 0 Å². The van der Waals surface area contributed by atoms with Crippen molar-refractivity contribution in [3.05, 3.63) is 15.8 Å². The van der Waals surface area contributed by atoms with Crippen LogP contribution in [0.15, 0.2) is 11.0 Å². The first-order chi connectivity index (χ1) is 9.98. The van der Waals surface area contributed by atoms with E-state index in [-0.39, 0.29) is 6.10 Å². The van der Waals surface area contributed by atoms with E-state index in [0.717, 1.165) is 35.7 Å². The van der Waals surface area contributed by atoms with Crippen LogP contribution in [-0.2, 0) is 21.3 Å². The van der Waals surface area contributed by atoms with E-state index in [4.69, 9.17) is 4.74 Å². The largest absolute Gasteiger partial charge is 0.380 e.